The number of benzene rings is 1. The summed E-state index contributed by atoms with van der Waals surface area (Å²) in [5, 5.41) is 5.82. The second-order valence-corrected chi connectivity index (χ2v) is 7.61. The molecule has 0 saturated carbocycles. The first kappa shape index (κ1) is 21.0. The van der Waals surface area contributed by atoms with E-state index >= 15 is 0 Å². The molecular weight excluding hydrogens is 316 g/mol. The Kier molecular flexibility index (Phi) is 7.94. The molecule has 0 saturated heterocycles. The Balaban J connectivity index is 2.64. The quantitative estimate of drug-likeness (QED) is 0.786. The molecule has 0 bridgehead atoms. The summed E-state index contributed by atoms with van der Waals surface area (Å²) in [6.07, 6.45) is 0.261. The van der Waals surface area contributed by atoms with Crippen LogP contribution in [-0.4, -0.2) is 30.2 Å². The summed E-state index contributed by atoms with van der Waals surface area (Å²) < 4.78 is 5.30. The van der Waals surface area contributed by atoms with Gasteiger partial charge in [0, 0.05) is 6.54 Å². The lowest BCUT2D eigenvalue weighted by molar-refractivity contribution is -0.122. The van der Waals surface area contributed by atoms with Crippen LogP contribution in [-0.2, 0) is 9.53 Å². The van der Waals surface area contributed by atoms with Crippen molar-refractivity contribution >= 4 is 12.0 Å². The minimum absolute atomic E-state index is 0.0228. The van der Waals surface area contributed by atoms with Crippen molar-refractivity contribution in [2.24, 2.45) is 5.92 Å². The molecule has 2 N–H and O–H groups in total. The Hall–Kier alpha value is -2.04. The number of carbonyl (C=O) groups is 2. The van der Waals surface area contributed by atoms with Gasteiger partial charge in [0.1, 0.15) is 5.60 Å². The Morgan fingerprint density at radius 1 is 1.12 bits per heavy atom. The first-order valence-electron chi connectivity index (χ1n) is 8.96. The molecule has 0 aliphatic carbocycles. The fraction of sp³-hybridized carbons (Fsp3) is 0.600. The predicted molar refractivity (Wildman–Crippen MR) is 100 cm³/mol. The molecule has 1 aromatic carbocycles. The monoisotopic (exact) mass is 348 g/mol. The Bertz CT molecular complexity index is 550. The molecule has 140 valence electrons. The predicted octanol–water partition coefficient (Wildman–Crippen LogP) is 3.85. The van der Waals surface area contributed by atoms with E-state index in [0.29, 0.717) is 6.54 Å². The molecule has 0 radical (unpaired) electrons. The van der Waals surface area contributed by atoms with E-state index in [1.165, 1.54) is 0 Å². The van der Waals surface area contributed by atoms with Crippen LogP contribution in [0.5, 0.6) is 0 Å². The lowest BCUT2D eigenvalue weighted by Gasteiger charge is -2.26. The van der Waals surface area contributed by atoms with Gasteiger partial charge < -0.3 is 15.4 Å². The highest BCUT2D eigenvalue weighted by molar-refractivity contribution is 5.83. The zero-order valence-corrected chi connectivity index (χ0v) is 16.3. The topological polar surface area (TPSA) is 67.4 Å². The molecule has 0 fully saturated rings. The summed E-state index contributed by atoms with van der Waals surface area (Å²) in [4.78, 5) is 24.5. The average molecular weight is 348 g/mol. The molecule has 2 amide bonds. The van der Waals surface area contributed by atoms with E-state index in [1.807, 2.05) is 71.9 Å². The Morgan fingerprint density at radius 2 is 1.72 bits per heavy atom. The van der Waals surface area contributed by atoms with Crippen molar-refractivity contribution in [2.75, 3.05) is 6.54 Å². The third-order valence-electron chi connectivity index (χ3n) is 3.93. The molecule has 25 heavy (non-hydrogen) atoms. The van der Waals surface area contributed by atoms with Crippen LogP contribution in [0.15, 0.2) is 30.3 Å². The number of alkyl carbamates (subject to hydrolysis) is 1. The highest BCUT2D eigenvalue weighted by Gasteiger charge is 2.24. The van der Waals surface area contributed by atoms with Crippen molar-refractivity contribution in [3.63, 3.8) is 0 Å². The Labute approximate surface area is 151 Å². The minimum atomic E-state index is -0.546. The van der Waals surface area contributed by atoms with Gasteiger partial charge in [-0.25, -0.2) is 4.79 Å². The van der Waals surface area contributed by atoms with Crippen LogP contribution in [0.3, 0.4) is 0 Å². The summed E-state index contributed by atoms with van der Waals surface area (Å²) in [7, 11) is 0. The van der Waals surface area contributed by atoms with Crippen LogP contribution in [0.1, 0.15) is 59.4 Å². The second-order valence-electron chi connectivity index (χ2n) is 7.61. The van der Waals surface area contributed by atoms with Crippen molar-refractivity contribution < 1.29 is 14.3 Å². The maximum atomic E-state index is 12.6. The van der Waals surface area contributed by atoms with Crippen LogP contribution >= 0.6 is 0 Å². The van der Waals surface area contributed by atoms with Crippen molar-refractivity contribution in [1.29, 1.82) is 0 Å². The van der Waals surface area contributed by atoms with E-state index in [0.717, 1.165) is 12.0 Å². The summed E-state index contributed by atoms with van der Waals surface area (Å²) in [5.41, 5.74) is 0.457. The fourth-order valence-corrected chi connectivity index (χ4v) is 2.50. The first-order chi connectivity index (χ1) is 11.6. The molecule has 5 nitrogen and oxygen atoms in total. The van der Waals surface area contributed by atoms with E-state index < -0.39 is 11.7 Å². The standard InChI is InChI=1S/C20H32N2O3/c1-7-16(15-11-9-8-10-12-15)18(23)21-13-17(14(2)3)22-19(24)25-20(4,5)6/h8-12,14,16-17H,7,13H2,1-6H3,(H,21,23)(H,22,24). The molecule has 1 aromatic rings. The zero-order valence-electron chi connectivity index (χ0n) is 16.3. The number of amides is 2. The van der Waals surface area contributed by atoms with Gasteiger partial charge in [-0.2, -0.15) is 0 Å². The SMILES string of the molecule is CCC(C(=O)NCC(NC(=O)OC(C)(C)C)C(C)C)c1ccccc1. The summed E-state index contributed by atoms with van der Waals surface area (Å²) in [5.74, 6) is -0.0366. The Morgan fingerprint density at radius 3 is 2.20 bits per heavy atom. The number of carbonyl (C=O) groups excluding carboxylic acids is 2. The molecule has 2 atom stereocenters. The maximum absolute atomic E-state index is 12.6. The third-order valence-corrected chi connectivity index (χ3v) is 3.93. The highest BCUT2D eigenvalue weighted by atomic mass is 16.6. The number of hydrogen-bond acceptors (Lipinski definition) is 3. The van der Waals surface area contributed by atoms with Gasteiger partial charge in [0.25, 0.3) is 0 Å². The van der Waals surface area contributed by atoms with Crippen molar-refractivity contribution in [3.8, 4) is 0 Å². The third kappa shape index (κ3) is 7.59. The molecule has 0 aliphatic rings. The van der Waals surface area contributed by atoms with Crippen molar-refractivity contribution in [1.82, 2.24) is 10.6 Å². The lowest BCUT2D eigenvalue weighted by Crippen LogP contribution is -2.48. The number of ether oxygens (including phenoxy) is 1. The molecule has 0 spiro atoms. The lowest BCUT2D eigenvalue weighted by atomic mass is 9.95. The van der Waals surface area contributed by atoms with Crippen LogP contribution in [0.4, 0.5) is 4.79 Å². The highest BCUT2D eigenvalue weighted by Crippen LogP contribution is 2.19. The number of hydrogen-bond donors (Lipinski definition) is 2. The van der Waals surface area contributed by atoms with E-state index in [-0.39, 0.29) is 23.8 Å². The molecular formula is C20H32N2O3. The van der Waals surface area contributed by atoms with Crippen molar-refractivity contribution in [2.45, 2.75) is 65.5 Å². The van der Waals surface area contributed by atoms with Gasteiger partial charge in [-0.15, -0.1) is 0 Å². The summed E-state index contributed by atoms with van der Waals surface area (Å²) in [6.45, 7) is 11.8. The van der Waals surface area contributed by atoms with Gasteiger partial charge in [0.2, 0.25) is 5.91 Å². The van der Waals surface area contributed by atoms with Crippen LogP contribution < -0.4 is 10.6 Å². The molecule has 1 rings (SSSR count). The number of rotatable bonds is 7. The maximum Gasteiger partial charge on any atom is 0.407 e. The smallest absolute Gasteiger partial charge is 0.407 e. The van der Waals surface area contributed by atoms with Gasteiger partial charge in [-0.05, 0) is 38.7 Å². The summed E-state index contributed by atoms with van der Waals surface area (Å²) >= 11 is 0. The van der Waals surface area contributed by atoms with Crippen molar-refractivity contribution in [3.05, 3.63) is 35.9 Å². The molecule has 0 aromatic heterocycles. The van der Waals surface area contributed by atoms with Crippen LogP contribution in [0.2, 0.25) is 0 Å². The fourth-order valence-electron chi connectivity index (χ4n) is 2.50. The van der Waals surface area contributed by atoms with Gasteiger partial charge >= 0.3 is 6.09 Å². The van der Waals surface area contributed by atoms with Gasteiger partial charge in [0.05, 0.1) is 12.0 Å². The van der Waals surface area contributed by atoms with Gasteiger partial charge in [0.15, 0.2) is 0 Å². The van der Waals surface area contributed by atoms with Gasteiger partial charge in [-0.3, -0.25) is 4.79 Å². The molecule has 0 heterocycles. The normalized spacial score (nSPS) is 13.9. The van der Waals surface area contributed by atoms with E-state index in [1.54, 1.807) is 0 Å². The van der Waals surface area contributed by atoms with E-state index in [9.17, 15) is 9.59 Å². The van der Waals surface area contributed by atoms with E-state index in [4.69, 9.17) is 4.74 Å². The van der Waals surface area contributed by atoms with E-state index in [2.05, 4.69) is 10.6 Å². The largest absolute Gasteiger partial charge is 0.444 e. The average Bonchev–Trinajstić information content (AvgIpc) is 2.51. The first-order valence-corrected chi connectivity index (χ1v) is 8.96. The van der Waals surface area contributed by atoms with Crippen LogP contribution in [0.25, 0.3) is 0 Å². The molecule has 2 unspecified atom stereocenters. The number of nitrogens with one attached hydrogen (secondary N) is 2. The molecule has 0 aliphatic heterocycles. The summed E-state index contributed by atoms with van der Waals surface area (Å²) in [6, 6.07) is 9.55. The van der Waals surface area contributed by atoms with Gasteiger partial charge in [-0.1, -0.05) is 51.1 Å². The van der Waals surface area contributed by atoms with Crippen LogP contribution in [0, 0.1) is 5.92 Å². The zero-order chi connectivity index (χ0) is 19.0. The molecule has 5 heteroatoms. The second kappa shape index (κ2) is 9.44. The minimum Gasteiger partial charge on any atom is -0.444 e.